The molecule has 15 heavy (non-hydrogen) atoms. The van der Waals surface area contributed by atoms with Crippen molar-refractivity contribution in [3.63, 3.8) is 0 Å². The minimum Gasteiger partial charge on any atom is -0.396 e. The Labute approximate surface area is 87.1 Å². The van der Waals surface area contributed by atoms with E-state index in [1.54, 1.807) is 4.90 Å². The molecule has 1 aliphatic heterocycles. The number of hydrogen-bond donors (Lipinski definition) is 1. The molecule has 1 aliphatic rings. The predicted molar refractivity (Wildman–Crippen MR) is 53.8 cm³/mol. The first-order valence-electron chi connectivity index (χ1n) is 5.02. The fourth-order valence-electron chi connectivity index (χ4n) is 1.98. The summed E-state index contributed by atoms with van der Waals surface area (Å²) >= 11 is 0. The molecule has 1 aromatic carbocycles. The maximum atomic E-state index is 13.4. The third-order valence-corrected chi connectivity index (χ3v) is 2.80. The maximum absolute atomic E-state index is 13.4. The van der Waals surface area contributed by atoms with Crippen molar-refractivity contribution >= 4 is 5.69 Å². The zero-order valence-electron chi connectivity index (χ0n) is 8.29. The van der Waals surface area contributed by atoms with Crippen LogP contribution in [0.15, 0.2) is 18.2 Å². The van der Waals surface area contributed by atoms with E-state index in [1.807, 2.05) is 0 Å². The van der Waals surface area contributed by atoms with Gasteiger partial charge in [-0.2, -0.15) is 0 Å². The fraction of sp³-hybridized carbons (Fsp3) is 0.455. The number of aliphatic hydroxyl groups excluding tert-OH is 1. The topological polar surface area (TPSA) is 23.5 Å². The van der Waals surface area contributed by atoms with Crippen molar-refractivity contribution in [2.24, 2.45) is 5.92 Å². The number of halogens is 2. The van der Waals surface area contributed by atoms with Crippen LogP contribution < -0.4 is 4.90 Å². The molecule has 1 unspecified atom stereocenters. The molecule has 0 saturated carbocycles. The first-order chi connectivity index (χ1) is 7.22. The van der Waals surface area contributed by atoms with E-state index in [2.05, 4.69) is 0 Å². The van der Waals surface area contributed by atoms with Gasteiger partial charge in [-0.05, 0) is 18.6 Å². The Bertz CT molecular complexity index is 336. The van der Waals surface area contributed by atoms with Crippen LogP contribution in [-0.4, -0.2) is 24.8 Å². The van der Waals surface area contributed by atoms with Crippen LogP contribution in [-0.2, 0) is 0 Å². The first-order valence-corrected chi connectivity index (χ1v) is 5.02. The van der Waals surface area contributed by atoms with E-state index in [-0.39, 0.29) is 18.2 Å². The lowest BCUT2D eigenvalue weighted by atomic mass is 10.1. The number of hydrogen-bond acceptors (Lipinski definition) is 2. The molecule has 0 amide bonds. The van der Waals surface area contributed by atoms with Crippen molar-refractivity contribution in [3.05, 3.63) is 29.8 Å². The summed E-state index contributed by atoms with van der Waals surface area (Å²) in [5.41, 5.74) is 0.0356. The molecule has 0 spiro atoms. The van der Waals surface area contributed by atoms with Gasteiger partial charge in [-0.25, -0.2) is 8.78 Å². The van der Waals surface area contributed by atoms with Gasteiger partial charge < -0.3 is 10.0 Å². The number of nitrogens with zero attached hydrogens (tertiary/aromatic N) is 1. The molecule has 1 saturated heterocycles. The van der Waals surface area contributed by atoms with Gasteiger partial charge in [0.2, 0.25) is 0 Å². The summed E-state index contributed by atoms with van der Waals surface area (Å²) in [5, 5.41) is 8.96. The van der Waals surface area contributed by atoms with E-state index < -0.39 is 11.6 Å². The highest BCUT2D eigenvalue weighted by Gasteiger charge is 2.25. The summed E-state index contributed by atoms with van der Waals surface area (Å²) in [6.07, 6.45) is 0.782. The molecule has 1 atom stereocenters. The molecule has 1 aromatic rings. The molecule has 0 radical (unpaired) electrons. The van der Waals surface area contributed by atoms with Gasteiger partial charge in [-0.15, -0.1) is 0 Å². The fourth-order valence-corrected chi connectivity index (χ4v) is 1.98. The van der Waals surface area contributed by atoms with E-state index in [1.165, 1.54) is 18.2 Å². The predicted octanol–water partition coefficient (Wildman–Crippen LogP) is 1.78. The van der Waals surface area contributed by atoms with E-state index in [4.69, 9.17) is 5.11 Å². The summed E-state index contributed by atoms with van der Waals surface area (Å²) in [7, 11) is 0. The van der Waals surface area contributed by atoms with Gasteiger partial charge in [0.15, 0.2) is 0 Å². The third kappa shape index (κ3) is 1.95. The highest BCUT2D eigenvalue weighted by atomic mass is 19.1. The minimum atomic E-state index is -0.534. The van der Waals surface area contributed by atoms with Gasteiger partial charge in [0, 0.05) is 25.6 Å². The van der Waals surface area contributed by atoms with Crippen molar-refractivity contribution in [1.29, 1.82) is 0 Å². The van der Waals surface area contributed by atoms with Crippen molar-refractivity contribution in [2.75, 3.05) is 24.6 Å². The number of benzene rings is 1. The summed E-state index contributed by atoms with van der Waals surface area (Å²) in [5.74, 6) is -0.939. The summed E-state index contributed by atoms with van der Waals surface area (Å²) < 4.78 is 26.8. The summed E-state index contributed by atoms with van der Waals surface area (Å²) in [6.45, 7) is 1.20. The number of para-hydroxylation sites is 1. The Balaban J connectivity index is 2.23. The van der Waals surface area contributed by atoms with Crippen molar-refractivity contribution < 1.29 is 13.9 Å². The highest BCUT2D eigenvalue weighted by molar-refractivity contribution is 5.49. The van der Waals surface area contributed by atoms with Gasteiger partial charge in [0.05, 0.1) is 0 Å². The SMILES string of the molecule is OCC1CCN(c2c(F)cccc2F)C1. The average Bonchev–Trinajstić information content (AvgIpc) is 2.66. The van der Waals surface area contributed by atoms with E-state index in [0.717, 1.165) is 6.42 Å². The van der Waals surface area contributed by atoms with Crippen LogP contribution in [0.4, 0.5) is 14.5 Å². The molecular weight excluding hydrogens is 200 g/mol. The van der Waals surface area contributed by atoms with Crippen LogP contribution >= 0.6 is 0 Å². The largest absolute Gasteiger partial charge is 0.396 e. The Morgan fingerprint density at radius 1 is 1.33 bits per heavy atom. The van der Waals surface area contributed by atoms with E-state index in [0.29, 0.717) is 13.1 Å². The molecule has 1 N–H and O–H groups in total. The second kappa shape index (κ2) is 4.14. The molecule has 4 heteroatoms. The highest BCUT2D eigenvalue weighted by Crippen LogP contribution is 2.28. The number of rotatable bonds is 2. The summed E-state index contributed by atoms with van der Waals surface area (Å²) in [6, 6.07) is 3.86. The van der Waals surface area contributed by atoms with E-state index >= 15 is 0 Å². The maximum Gasteiger partial charge on any atom is 0.149 e. The van der Waals surface area contributed by atoms with Crippen molar-refractivity contribution in [3.8, 4) is 0 Å². The van der Waals surface area contributed by atoms with Crippen LogP contribution in [0.1, 0.15) is 6.42 Å². The monoisotopic (exact) mass is 213 g/mol. The Morgan fingerprint density at radius 3 is 2.53 bits per heavy atom. The molecular formula is C11H13F2NO. The van der Waals surface area contributed by atoms with Crippen LogP contribution in [0.5, 0.6) is 0 Å². The lowest BCUT2D eigenvalue weighted by molar-refractivity contribution is 0.238. The summed E-state index contributed by atoms with van der Waals surface area (Å²) in [4.78, 5) is 1.66. The lowest BCUT2D eigenvalue weighted by Gasteiger charge is -2.19. The van der Waals surface area contributed by atoms with Crippen molar-refractivity contribution in [2.45, 2.75) is 6.42 Å². The number of anilines is 1. The van der Waals surface area contributed by atoms with Gasteiger partial charge in [-0.3, -0.25) is 0 Å². The van der Waals surface area contributed by atoms with Crippen molar-refractivity contribution in [1.82, 2.24) is 0 Å². The smallest absolute Gasteiger partial charge is 0.149 e. The molecule has 2 rings (SSSR count). The van der Waals surface area contributed by atoms with Crippen LogP contribution in [0.3, 0.4) is 0 Å². The normalized spacial score (nSPS) is 21.0. The lowest BCUT2D eigenvalue weighted by Crippen LogP contribution is -2.22. The zero-order valence-corrected chi connectivity index (χ0v) is 8.29. The molecule has 0 bridgehead atoms. The molecule has 1 fully saturated rings. The van der Waals surface area contributed by atoms with Gasteiger partial charge in [-0.1, -0.05) is 6.07 Å². The minimum absolute atomic E-state index is 0.0356. The second-order valence-electron chi connectivity index (χ2n) is 3.85. The van der Waals surface area contributed by atoms with Crippen LogP contribution in [0.2, 0.25) is 0 Å². The second-order valence-corrected chi connectivity index (χ2v) is 3.85. The first kappa shape index (κ1) is 10.4. The third-order valence-electron chi connectivity index (χ3n) is 2.80. The van der Waals surface area contributed by atoms with E-state index in [9.17, 15) is 8.78 Å². The Morgan fingerprint density at radius 2 is 2.00 bits per heavy atom. The zero-order chi connectivity index (χ0) is 10.8. The molecule has 82 valence electrons. The molecule has 0 aromatic heterocycles. The number of aliphatic hydroxyl groups is 1. The van der Waals surface area contributed by atoms with Crippen LogP contribution in [0, 0.1) is 17.6 Å². The van der Waals surface area contributed by atoms with Gasteiger partial charge in [0.1, 0.15) is 17.3 Å². The molecule has 0 aliphatic carbocycles. The molecule has 2 nitrogen and oxygen atoms in total. The average molecular weight is 213 g/mol. The molecule has 1 heterocycles. The Kier molecular flexibility index (Phi) is 2.86. The standard InChI is InChI=1S/C11H13F2NO/c12-9-2-1-3-10(13)11(9)14-5-4-8(6-14)7-15/h1-3,8,15H,4-7H2. The van der Waals surface area contributed by atoms with Gasteiger partial charge >= 0.3 is 0 Å². The quantitative estimate of drug-likeness (QED) is 0.809. The van der Waals surface area contributed by atoms with Gasteiger partial charge in [0.25, 0.3) is 0 Å². The Hall–Kier alpha value is -1.16. The van der Waals surface area contributed by atoms with Crippen LogP contribution in [0.25, 0.3) is 0 Å².